The van der Waals surface area contributed by atoms with Crippen molar-refractivity contribution < 1.29 is 13.9 Å². The Morgan fingerprint density at radius 1 is 1.07 bits per heavy atom. The molecule has 0 aliphatic carbocycles. The minimum Gasteiger partial charge on any atom is -0.483 e. The molecule has 5 rings (SSSR count). The first-order valence-electron chi connectivity index (χ1n) is 10.2. The van der Waals surface area contributed by atoms with Gasteiger partial charge in [-0.05, 0) is 85.0 Å². The van der Waals surface area contributed by atoms with E-state index >= 15 is 0 Å². The summed E-state index contributed by atoms with van der Waals surface area (Å²) in [4.78, 5) is 4.57. The Kier molecular flexibility index (Phi) is 5.05. The molecule has 2 N–H and O–H groups in total. The van der Waals surface area contributed by atoms with Gasteiger partial charge < -0.3 is 15.2 Å². The van der Waals surface area contributed by atoms with Gasteiger partial charge in [-0.25, -0.2) is 4.39 Å². The summed E-state index contributed by atoms with van der Waals surface area (Å²) in [6.07, 6.45) is 2.28. The van der Waals surface area contributed by atoms with Crippen molar-refractivity contribution in [1.29, 1.82) is 0 Å². The fourth-order valence-corrected chi connectivity index (χ4v) is 5.10. The lowest BCUT2D eigenvalue weighted by Gasteiger charge is -2.34. The van der Waals surface area contributed by atoms with Crippen LogP contribution in [0.5, 0.6) is 11.5 Å². The van der Waals surface area contributed by atoms with Crippen LogP contribution >= 0.6 is 11.3 Å². The van der Waals surface area contributed by atoms with Crippen molar-refractivity contribution in [3.8, 4) is 11.5 Å². The Bertz CT molecular complexity index is 1220. The van der Waals surface area contributed by atoms with Gasteiger partial charge in [0.15, 0.2) is 11.5 Å². The van der Waals surface area contributed by atoms with Crippen LogP contribution in [0.25, 0.3) is 21.0 Å². The summed E-state index contributed by atoms with van der Waals surface area (Å²) in [5, 5.41) is 4.08. The largest absolute Gasteiger partial charge is 0.483 e. The third kappa shape index (κ3) is 3.50. The first-order valence-corrected chi connectivity index (χ1v) is 11.1. The number of hydrogen-bond donors (Lipinski definition) is 1. The number of fused-ring (bicyclic) bond motifs is 4. The maximum atomic E-state index is 13.6. The number of aryl methyl sites for hydroxylation is 2. The number of thiophene rings is 1. The van der Waals surface area contributed by atoms with E-state index < -0.39 is 0 Å². The summed E-state index contributed by atoms with van der Waals surface area (Å²) in [5.41, 5.74) is 9.06. The zero-order chi connectivity index (χ0) is 20.7. The number of benzene rings is 2. The number of pyridine rings is 1. The molecule has 30 heavy (non-hydrogen) atoms. The summed E-state index contributed by atoms with van der Waals surface area (Å²) < 4.78 is 27.3. The molecule has 2 aromatic carbocycles. The van der Waals surface area contributed by atoms with Crippen molar-refractivity contribution in [2.75, 3.05) is 6.54 Å². The number of hydrogen-bond acceptors (Lipinski definition) is 5. The van der Waals surface area contributed by atoms with Crippen LogP contribution in [0.2, 0.25) is 0 Å². The highest BCUT2D eigenvalue weighted by atomic mass is 32.1. The van der Waals surface area contributed by atoms with Crippen LogP contribution in [-0.2, 0) is 6.42 Å². The van der Waals surface area contributed by atoms with Gasteiger partial charge in [-0.3, -0.25) is 4.98 Å². The monoisotopic (exact) mass is 422 g/mol. The summed E-state index contributed by atoms with van der Waals surface area (Å²) in [7, 11) is 0. The van der Waals surface area contributed by atoms with Crippen molar-refractivity contribution in [3.63, 3.8) is 0 Å². The van der Waals surface area contributed by atoms with Crippen LogP contribution in [0.3, 0.4) is 0 Å². The molecule has 0 spiro atoms. The molecule has 154 valence electrons. The Balaban J connectivity index is 1.33. The fourth-order valence-electron chi connectivity index (χ4n) is 4.13. The Morgan fingerprint density at radius 2 is 1.97 bits per heavy atom. The molecule has 2 atom stereocenters. The topological polar surface area (TPSA) is 57.4 Å². The highest BCUT2D eigenvalue weighted by Crippen LogP contribution is 2.40. The molecule has 1 aliphatic rings. The first kappa shape index (κ1) is 19.3. The average Bonchev–Trinajstić information content (AvgIpc) is 3.15. The summed E-state index contributed by atoms with van der Waals surface area (Å²) >= 11 is 1.66. The average molecular weight is 423 g/mol. The lowest BCUT2D eigenvalue weighted by molar-refractivity contribution is 0.0217. The molecule has 0 saturated heterocycles. The van der Waals surface area contributed by atoms with Gasteiger partial charge in [0.2, 0.25) is 0 Å². The minimum absolute atomic E-state index is 0.111. The summed E-state index contributed by atoms with van der Waals surface area (Å²) in [6, 6.07) is 12.9. The number of rotatable bonds is 5. The molecule has 0 amide bonds. The van der Waals surface area contributed by atoms with Gasteiger partial charge >= 0.3 is 0 Å². The van der Waals surface area contributed by atoms with E-state index in [0.29, 0.717) is 6.54 Å². The first-order chi connectivity index (χ1) is 14.6. The van der Waals surface area contributed by atoms with Crippen LogP contribution in [0.4, 0.5) is 4.39 Å². The van der Waals surface area contributed by atoms with E-state index in [-0.39, 0.29) is 18.0 Å². The quantitative estimate of drug-likeness (QED) is 0.469. The minimum atomic E-state index is -0.207. The van der Waals surface area contributed by atoms with Crippen LogP contribution in [0, 0.1) is 12.7 Å². The SMILES string of the molecule is Cc1ccc2c3c(ccc2n1)OC(CCCc1csc2ccc(F)cc12)[C@H](CN)O3. The smallest absolute Gasteiger partial charge is 0.171 e. The van der Waals surface area contributed by atoms with Gasteiger partial charge in [0.1, 0.15) is 18.0 Å². The molecule has 6 heteroatoms. The predicted octanol–water partition coefficient (Wildman–Crippen LogP) is 5.39. The number of nitrogens with two attached hydrogens (primary N) is 1. The second-order valence-electron chi connectivity index (χ2n) is 7.75. The number of halogens is 1. The Labute approximate surface area is 178 Å². The van der Waals surface area contributed by atoms with Gasteiger partial charge in [-0.2, -0.15) is 0 Å². The standard InChI is InChI=1S/C24H23FN2O2S/c1-14-5-7-17-19(27-14)8-9-21-24(17)29-22(12-26)20(28-21)4-2-3-15-13-30-23-10-6-16(25)11-18(15)23/h5-11,13,20,22H,2-4,12,26H2,1H3/t20?,22-/m0/s1. The summed E-state index contributed by atoms with van der Waals surface area (Å²) in [6.45, 7) is 2.35. The number of ether oxygens (including phenoxy) is 2. The highest BCUT2D eigenvalue weighted by Gasteiger charge is 2.31. The number of nitrogens with zero attached hydrogens (tertiary/aromatic N) is 1. The molecule has 3 heterocycles. The van der Waals surface area contributed by atoms with Gasteiger partial charge in [0.25, 0.3) is 0 Å². The van der Waals surface area contributed by atoms with E-state index in [4.69, 9.17) is 15.2 Å². The van der Waals surface area contributed by atoms with Crippen molar-refractivity contribution in [2.45, 2.75) is 38.4 Å². The van der Waals surface area contributed by atoms with E-state index in [9.17, 15) is 4.39 Å². The molecule has 4 aromatic rings. The Hall–Kier alpha value is -2.70. The Morgan fingerprint density at radius 3 is 2.83 bits per heavy atom. The molecule has 0 saturated carbocycles. The fraction of sp³-hybridized carbons (Fsp3) is 0.292. The zero-order valence-corrected chi connectivity index (χ0v) is 17.5. The van der Waals surface area contributed by atoms with Crippen LogP contribution in [0.1, 0.15) is 24.1 Å². The maximum Gasteiger partial charge on any atom is 0.171 e. The van der Waals surface area contributed by atoms with E-state index in [0.717, 1.165) is 57.4 Å². The zero-order valence-electron chi connectivity index (χ0n) is 16.7. The van der Waals surface area contributed by atoms with E-state index in [1.165, 1.54) is 11.6 Å². The second kappa shape index (κ2) is 7.85. The molecule has 2 aromatic heterocycles. The van der Waals surface area contributed by atoms with Crippen molar-refractivity contribution in [2.24, 2.45) is 5.73 Å². The van der Waals surface area contributed by atoms with Gasteiger partial charge in [0, 0.05) is 22.3 Å². The molecule has 0 fully saturated rings. The van der Waals surface area contributed by atoms with E-state index in [1.54, 1.807) is 17.4 Å². The molecule has 1 aliphatic heterocycles. The molecule has 4 nitrogen and oxygen atoms in total. The highest BCUT2D eigenvalue weighted by molar-refractivity contribution is 7.17. The molecular weight excluding hydrogens is 399 g/mol. The van der Waals surface area contributed by atoms with E-state index in [1.807, 2.05) is 37.3 Å². The van der Waals surface area contributed by atoms with Gasteiger partial charge in [-0.1, -0.05) is 0 Å². The second-order valence-corrected chi connectivity index (χ2v) is 8.67. The lowest BCUT2D eigenvalue weighted by atomic mass is 10.0. The van der Waals surface area contributed by atoms with Crippen molar-refractivity contribution in [3.05, 3.63) is 64.9 Å². The molecule has 1 unspecified atom stereocenters. The van der Waals surface area contributed by atoms with Crippen molar-refractivity contribution in [1.82, 2.24) is 4.98 Å². The lowest BCUT2D eigenvalue weighted by Crippen LogP contribution is -2.44. The maximum absolute atomic E-state index is 13.6. The van der Waals surface area contributed by atoms with E-state index in [2.05, 4.69) is 10.4 Å². The van der Waals surface area contributed by atoms with Gasteiger partial charge in [0.05, 0.1) is 5.52 Å². The van der Waals surface area contributed by atoms with Crippen LogP contribution in [-0.4, -0.2) is 23.7 Å². The predicted molar refractivity (Wildman–Crippen MR) is 119 cm³/mol. The third-order valence-electron chi connectivity index (χ3n) is 5.67. The van der Waals surface area contributed by atoms with Crippen molar-refractivity contribution >= 4 is 32.3 Å². The molecular formula is C24H23FN2O2S. The van der Waals surface area contributed by atoms with Crippen LogP contribution in [0.15, 0.2) is 47.8 Å². The molecule has 0 radical (unpaired) electrons. The molecule has 0 bridgehead atoms. The third-order valence-corrected chi connectivity index (χ3v) is 6.68. The number of aromatic nitrogens is 1. The van der Waals surface area contributed by atoms with Crippen LogP contribution < -0.4 is 15.2 Å². The normalized spacial score (nSPS) is 18.2. The summed E-state index contributed by atoms with van der Waals surface area (Å²) in [5.74, 6) is 1.28. The van der Waals surface area contributed by atoms with Gasteiger partial charge in [-0.15, -0.1) is 11.3 Å².